The molecule has 4 rings (SSSR count). The van der Waals surface area contributed by atoms with Gasteiger partial charge >= 0.3 is 0 Å². The number of carbonyl (C=O) groups excluding carboxylic acids is 1. The van der Waals surface area contributed by atoms with Crippen molar-refractivity contribution in [2.24, 2.45) is 0 Å². The molecule has 0 unspecified atom stereocenters. The number of carbonyl (C=O) groups is 1. The summed E-state index contributed by atoms with van der Waals surface area (Å²) in [6.07, 6.45) is 8.95. The quantitative estimate of drug-likeness (QED) is 0.525. The van der Waals surface area contributed by atoms with E-state index < -0.39 is 0 Å². The van der Waals surface area contributed by atoms with Crippen LogP contribution in [-0.4, -0.2) is 71.0 Å². The highest BCUT2D eigenvalue weighted by atomic mass is 16.1. The van der Waals surface area contributed by atoms with Gasteiger partial charge in [0.2, 0.25) is 5.95 Å². The number of likely N-dealkylation sites (N-methyl/N-ethyl adjacent to an activating group) is 2. The average Bonchev–Trinajstić information content (AvgIpc) is 2.84. The summed E-state index contributed by atoms with van der Waals surface area (Å²) in [5, 5.41) is 6.58. The van der Waals surface area contributed by atoms with E-state index in [4.69, 9.17) is 4.98 Å². The third-order valence-electron chi connectivity index (χ3n) is 6.28. The van der Waals surface area contributed by atoms with Gasteiger partial charge in [-0.25, -0.2) is 19.9 Å². The zero-order valence-corrected chi connectivity index (χ0v) is 20.5. The molecule has 0 spiro atoms. The first-order valence-corrected chi connectivity index (χ1v) is 11.9. The van der Waals surface area contributed by atoms with Gasteiger partial charge in [0.15, 0.2) is 5.82 Å². The Bertz CT molecular complexity index is 1140. The predicted molar refractivity (Wildman–Crippen MR) is 136 cm³/mol. The van der Waals surface area contributed by atoms with Gasteiger partial charge in [-0.2, -0.15) is 0 Å². The lowest BCUT2D eigenvalue weighted by Gasteiger charge is -2.23. The fourth-order valence-electron chi connectivity index (χ4n) is 4.11. The molecule has 9 nitrogen and oxygen atoms in total. The number of nitrogens with zero attached hydrogens (tertiary/aromatic N) is 6. The molecule has 2 aromatic heterocycles. The van der Waals surface area contributed by atoms with Gasteiger partial charge in [-0.3, -0.25) is 4.79 Å². The molecule has 3 aromatic rings. The molecule has 180 valence electrons. The van der Waals surface area contributed by atoms with E-state index >= 15 is 0 Å². The van der Waals surface area contributed by atoms with E-state index in [-0.39, 0.29) is 11.9 Å². The van der Waals surface area contributed by atoms with Crippen LogP contribution in [0.1, 0.15) is 48.0 Å². The van der Waals surface area contributed by atoms with Gasteiger partial charge in [0.1, 0.15) is 17.4 Å². The second-order valence-corrected chi connectivity index (χ2v) is 9.31. The molecule has 9 heteroatoms. The highest BCUT2D eigenvalue weighted by Gasteiger charge is 2.18. The number of anilines is 3. The first kappa shape index (κ1) is 23.8. The molecular formula is C25H34N8O. The number of rotatable bonds is 8. The minimum atomic E-state index is -0.0328. The molecule has 1 amide bonds. The Morgan fingerprint density at radius 1 is 1.06 bits per heavy atom. The fraction of sp³-hybridized carbons (Fsp3) is 0.480. The molecule has 0 aliphatic heterocycles. The normalized spacial score (nSPS) is 14.4. The number of fused-ring (bicyclic) bond motifs is 1. The lowest BCUT2D eigenvalue weighted by Crippen LogP contribution is -2.36. The first-order valence-electron chi connectivity index (χ1n) is 11.9. The number of benzene rings is 1. The number of hydrogen-bond acceptors (Lipinski definition) is 8. The molecule has 34 heavy (non-hydrogen) atoms. The van der Waals surface area contributed by atoms with E-state index in [0.29, 0.717) is 28.4 Å². The summed E-state index contributed by atoms with van der Waals surface area (Å²) in [6, 6.07) is 5.98. The molecule has 0 saturated heterocycles. The number of aryl methyl sites for hydroxylation is 1. The Labute approximate surface area is 201 Å². The average molecular weight is 463 g/mol. The first-order chi connectivity index (χ1) is 16.4. The van der Waals surface area contributed by atoms with Crippen molar-refractivity contribution >= 4 is 34.4 Å². The Morgan fingerprint density at radius 3 is 2.62 bits per heavy atom. The zero-order valence-electron chi connectivity index (χ0n) is 20.5. The molecule has 2 heterocycles. The molecule has 1 aromatic carbocycles. The van der Waals surface area contributed by atoms with E-state index in [9.17, 15) is 4.79 Å². The van der Waals surface area contributed by atoms with Crippen molar-refractivity contribution in [1.82, 2.24) is 30.2 Å². The molecule has 1 saturated carbocycles. The number of aromatic nitrogens is 4. The number of amides is 1. The smallest absolute Gasteiger partial charge is 0.251 e. The van der Waals surface area contributed by atoms with Crippen LogP contribution in [-0.2, 0) is 0 Å². The van der Waals surface area contributed by atoms with E-state index in [2.05, 4.69) is 30.5 Å². The van der Waals surface area contributed by atoms with Crippen molar-refractivity contribution in [3.05, 3.63) is 41.9 Å². The second-order valence-electron chi connectivity index (χ2n) is 9.31. The molecule has 0 atom stereocenters. The van der Waals surface area contributed by atoms with Crippen molar-refractivity contribution in [3.8, 4) is 0 Å². The van der Waals surface area contributed by atoms with Gasteiger partial charge < -0.3 is 20.4 Å². The molecule has 0 radical (unpaired) electrons. The highest BCUT2D eigenvalue weighted by molar-refractivity contribution is 5.96. The second kappa shape index (κ2) is 10.7. The van der Waals surface area contributed by atoms with Gasteiger partial charge in [0.05, 0.1) is 6.20 Å². The molecule has 2 N–H and O–H groups in total. The van der Waals surface area contributed by atoms with Crippen LogP contribution >= 0.6 is 0 Å². The molecule has 1 aliphatic carbocycles. The summed E-state index contributed by atoms with van der Waals surface area (Å²) >= 11 is 0. The van der Waals surface area contributed by atoms with Crippen LogP contribution in [0.3, 0.4) is 0 Å². The summed E-state index contributed by atoms with van der Waals surface area (Å²) < 4.78 is 0. The minimum absolute atomic E-state index is 0.0328. The van der Waals surface area contributed by atoms with Crippen molar-refractivity contribution < 1.29 is 4.79 Å². The Kier molecular flexibility index (Phi) is 7.52. The van der Waals surface area contributed by atoms with Crippen LogP contribution < -0.4 is 15.5 Å². The van der Waals surface area contributed by atoms with Gasteiger partial charge in [0, 0.05) is 37.4 Å². The summed E-state index contributed by atoms with van der Waals surface area (Å²) in [4.78, 5) is 35.0. The van der Waals surface area contributed by atoms with Crippen LogP contribution in [0.15, 0.2) is 30.7 Å². The lowest BCUT2D eigenvalue weighted by molar-refractivity contribution is 0.0927. The van der Waals surface area contributed by atoms with Crippen molar-refractivity contribution in [2.45, 2.75) is 45.1 Å². The van der Waals surface area contributed by atoms with Crippen LogP contribution in [0.25, 0.3) is 11.0 Å². The highest BCUT2D eigenvalue weighted by Crippen LogP contribution is 2.26. The van der Waals surface area contributed by atoms with Crippen LogP contribution in [0, 0.1) is 6.92 Å². The van der Waals surface area contributed by atoms with Crippen molar-refractivity contribution in [1.29, 1.82) is 0 Å². The van der Waals surface area contributed by atoms with E-state index in [1.165, 1.54) is 25.6 Å². The topological polar surface area (TPSA) is 99.2 Å². The molecule has 1 aliphatic rings. The summed E-state index contributed by atoms with van der Waals surface area (Å²) in [5.41, 5.74) is 3.76. The SMILES string of the molecule is Cc1ccc(C(=O)NC2CCCCC2)cc1Nc1ncnc2cnc(N(C)CCN(C)C)nc12. The van der Waals surface area contributed by atoms with Gasteiger partial charge in [-0.15, -0.1) is 0 Å². The Balaban J connectivity index is 1.57. The third-order valence-corrected chi connectivity index (χ3v) is 6.28. The molecular weight excluding hydrogens is 428 g/mol. The molecule has 0 bridgehead atoms. The maximum atomic E-state index is 12.9. The maximum Gasteiger partial charge on any atom is 0.251 e. The molecule has 1 fully saturated rings. The number of nitrogens with one attached hydrogen (secondary N) is 2. The standard InChI is InChI=1S/C25H34N8O/c1-17-10-11-18(24(34)29-19-8-6-5-7-9-19)14-20(17)30-23-22-21(27-16-28-23)15-26-25(31-22)33(4)13-12-32(2)3/h10-11,14-16,19H,5-9,12-13H2,1-4H3,(H,29,34)(H,27,28,30). The van der Waals surface area contributed by atoms with Crippen LogP contribution in [0.5, 0.6) is 0 Å². The van der Waals surface area contributed by atoms with Crippen molar-refractivity contribution in [2.75, 3.05) is 44.4 Å². The zero-order chi connectivity index (χ0) is 24.1. The summed E-state index contributed by atoms with van der Waals surface area (Å²) in [7, 11) is 6.05. The monoisotopic (exact) mass is 462 g/mol. The minimum Gasteiger partial charge on any atom is -0.349 e. The van der Waals surface area contributed by atoms with E-state index in [0.717, 1.165) is 37.2 Å². The van der Waals surface area contributed by atoms with Gasteiger partial charge in [-0.1, -0.05) is 25.3 Å². The summed E-state index contributed by atoms with van der Waals surface area (Å²) in [6.45, 7) is 3.69. The van der Waals surface area contributed by atoms with Gasteiger partial charge in [0.25, 0.3) is 5.91 Å². The predicted octanol–water partition coefficient (Wildman–Crippen LogP) is 3.53. The fourth-order valence-corrected chi connectivity index (χ4v) is 4.11. The van der Waals surface area contributed by atoms with Crippen LogP contribution in [0.4, 0.5) is 17.5 Å². The third kappa shape index (κ3) is 5.77. The maximum absolute atomic E-state index is 12.9. The van der Waals surface area contributed by atoms with Crippen LogP contribution in [0.2, 0.25) is 0 Å². The van der Waals surface area contributed by atoms with Crippen molar-refractivity contribution in [3.63, 3.8) is 0 Å². The van der Waals surface area contributed by atoms with E-state index in [1.807, 2.05) is 51.2 Å². The number of hydrogen-bond donors (Lipinski definition) is 2. The lowest BCUT2D eigenvalue weighted by atomic mass is 9.95. The van der Waals surface area contributed by atoms with E-state index in [1.54, 1.807) is 6.20 Å². The largest absolute Gasteiger partial charge is 0.349 e. The Hall–Kier alpha value is -3.33. The Morgan fingerprint density at radius 2 is 1.85 bits per heavy atom. The summed E-state index contributed by atoms with van der Waals surface area (Å²) in [5.74, 6) is 1.17. The van der Waals surface area contributed by atoms with Gasteiger partial charge in [-0.05, 0) is 51.6 Å².